The largest absolute Gasteiger partial charge is 0.455 e. The molecule has 2 aromatic heterocycles. The van der Waals surface area contributed by atoms with E-state index in [-0.39, 0.29) is 6.17 Å². The van der Waals surface area contributed by atoms with E-state index in [1.165, 1.54) is 32.3 Å². The number of aliphatic imine (C=N–C) groups is 2. The molecule has 0 saturated carbocycles. The van der Waals surface area contributed by atoms with Crippen LogP contribution in [0.5, 0.6) is 0 Å². The van der Waals surface area contributed by atoms with E-state index in [0.717, 1.165) is 55.6 Å². The molecule has 9 aromatic rings. The fraction of sp³-hybridized carbons (Fsp3) is 0.0227. The SMILES string of the molecule is c1ccc(C2=NC(c3ccccc3)NC(c3cccc4oc5c(-c6ccc7c8ccccc8c8ccccc8c7c6)cncc5c34)=N2)cc1. The van der Waals surface area contributed by atoms with Crippen LogP contribution in [0.1, 0.15) is 22.9 Å². The Bertz CT molecular complexity index is 2760. The Morgan fingerprint density at radius 1 is 0.510 bits per heavy atom. The van der Waals surface area contributed by atoms with E-state index >= 15 is 0 Å². The molecule has 1 unspecified atom stereocenters. The second-order valence-corrected chi connectivity index (χ2v) is 12.4. The van der Waals surface area contributed by atoms with Crippen LogP contribution in [0.15, 0.2) is 172 Å². The first-order valence-electron chi connectivity index (χ1n) is 16.5. The van der Waals surface area contributed by atoms with Gasteiger partial charge in [0.2, 0.25) is 0 Å². The van der Waals surface area contributed by atoms with Crippen LogP contribution >= 0.6 is 0 Å². The molecule has 0 radical (unpaired) electrons. The molecule has 3 heterocycles. The minimum atomic E-state index is -0.297. The van der Waals surface area contributed by atoms with E-state index in [9.17, 15) is 0 Å². The normalized spacial score (nSPS) is 14.7. The number of nitrogens with zero attached hydrogens (tertiary/aromatic N) is 3. The van der Waals surface area contributed by atoms with Crippen LogP contribution in [0.2, 0.25) is 0 Å². The maximum absolute atomic E-state index is 6.71. The summed E-state index contributed by atoms with van der Waals surface area (Å²) in [4.78, 5) is 14.9. The van der Waals surface area contributed by atoms with Crippen molar-refractivity contribution in [1.29, 1.82) is 0 Å². The van der Waals surface area contributed by atoms with Gasteiger partial charge in [-0.15, -0.1) is 0 Å². The first-order chi connectivity index (χ1) is 24.3. The maximum Gasteiger partial charge on any atom is 0.159 e. The number of furan rings is 1. The fourth-order valence-electron chi connectivity index (χ4n) is 7.33. The van der Waals surface area contributed by atoms with Crippen molar-refractivity contribution in [2.45, 2.75) is 6.17 Å². The molecule has 1 aliphatic heterocycles. The molecule has 49 heavy (non-hydrogen) atoms. The van der Waals surface area contributed by atoms with Crippen LogP contribution in [-0.2, 0) is 0 Å². The minimum Gasteiger partial charge on any atom is -0.455 e. The molecule has 5 heteroatoms. The smallest absolute Gasteiger partial charge is 0.159 e. The topological polar surface area (TPSA) is 62.8 Å². The maximum atomic E-state index is 6.71. The second-order valence-electron chi connectivity index (χ2n) is 12.4. The summed E-state index contributed by atoms with van der Waals surface area (Å²) in [5, 5.41) is 13.0. The summed E-state index contributed by atoms with van der Waals surface area (Å²) < 4.78 is 6.71. The van der Waals surface area contributed by atoms with Gasteiger partial charge < -0.3 is 9.73 Å². The van der Waals surface area contributed by atoms with Crippen molar-refractivity contribution in [2.75, 3.05) is 0 Å². The molecule has 10 rings (SSSR count). The number of amidine groups is 2. The number of pyridine rings is 1. The van der Waals surface area contributed by atoms with Crippen LogP contribution < -0.4 is 5.32 Å². The lowest BCUT2D eigenvalue weighted by Crippen LogP contribution is -2.33. The van der Waals surface area contributed by atoms with Crippen molar-refractivity contribution >= 4 is 65.9 Å². The Morgan fingerprint density at radius 3 is 1.90 bits per heavy atom. The van der Waals surface area contributed by atoms with Gasteiger partial charge in [-0.3, -0.25) is 4.98 Å². The van der Waals surface area contributed by atoms with Gasteiger partial charge >= 0.3 is 0 Å². The van der Waals surface area contributed by atoms with Crippen molar-refractivity contribution < 1.29 is 4.42 Å². The van der Waals surface area contributed by atoms with Crippen LogP contribution in [0.25, 0.3) is 65.4 Å². The molecule has 0 aliphatic carbocycles. The lowest BCUT2D eigenvalue weighted by molar-refractivity contribution is 0.668. The summed E-state index contributed by atoms with van der Waals surface area (Å²) in [6, 6.07) is 50.6. The zero-order chi connectivity index (χ0) is 32.3. The van der Waals surface area contributed by atoms with E-state index in [1.54, 1.807) is 0 Å². The summed E-state index contributed by atoms with van der Waals surface area (Å²) in [5.74, 6) is 1.42. The minimum absolute atomic E-state index is 0.297. The zero-order valence-electron chi connectivity index (χ0n) is 26.3. The Labute approximate surface area is 281 Å². The molecule has 0 fully saturated rings. The van der Waals surface area contributed by atoms with Gasteiger partial charge in [0.15, 0.2) is 5.84 Å². The van der Waals surface area contributed by atoms with Gasteiger partial charge in [-0.05, 0) is 55.6 Å². The number of hydrogen-bond donors (Lipinski definition) is 1. The average Bonchev–Trinajstić information content (AvgIpc) is 3.58. The molecule has 0 spiro atoms. The first-order valence-corrected chi connectivity index (χ1v) is 16.5. The van der Waals surface area contributed by atoms with Gasteiger partial charge in [0.25, 0.3) is 0 Å². The van der Waals surface area contributed by atoms with E-state index in [1.807, 2.05) is 73.1 Å². The molecular formula is C44H28N4O. The molecule has 1 aliphatic rings. The van der Waals surface area contributed by atoms with Gasteiger partial charge in [-0.2, -0.15) is 0 Å². The highest BCUT2D eigenvalue weighted by atomic mass is 16.3. The summed E-state index contributed by atoms with van der Waals surface area (Å²) in [5.41, 5.74) is 6.56. The molecule has 5 nitrogen and oxygen atoms in total. The van der Waals surface area contributed by atoms with Gasteiger partial charge in [-0.25, -0.2) is 9.98 Å². The predicted octanol–water partition coefficient (Wildman–Crippen LogP) is 10.6. The van der Waals surface area contributed by atoms with Crippen LogP contribution in [0.4, 0.5) is 0 Å². The molecule has 7 aromatic carbocycles. The molecule has 1 N–H and O–H groups in total. The van der Waals surface area contributed by atoms with Crippen molar-refractivity contribution in [3.63, 3.8) is 0 Å². The summed E-state index contributed by atoms with van der Waals surface area (Å²) in [6.07, 6.45) is 3.52. The Morgan fingerprint density at radius 2 is 1.16 bits per heavy atom. The number of hydrogen-bond acceptors (Lipinski definition) is 5. The molecule has 0 bridgehead atoms. The van der Waals surface area contributed by atoms with E-state index in [2.05, 4.69) is 90.2 Å². The predicted molar refractivity (Wildman–Crippen MR) is 201 cm³/mol. The van der Waals surface area contributed by atoms with Gasteiger partial charge in [-0.1, -0.05) is 133 Å². The zero-order valence-corrected chi connectivity index (χ0v) is 26.3. The van der Waals surface area contributed by atoms with Crippen molar-refractivity contribution in [2.24, 2.45) is 9.98 Å². The number of nitrogens with one attached hydrogen (secondary N) is 1. The van der Waals surface area contributed by atoms with Crippen molar-refractivity contribution in [1.82, 2.24) is 10.3 Å². The molecule has 230 valence electrons. The average molecular weight is 629 g/mol. The number of fused-ring (bicyclic) bond motifs is 9. The summed E-state index contributed by atoms with van der Waals surface area (Å²) in [7, 11) is 0. The van der Waals surface area contributed by atoms with Crippen LogP contribution in [-0.4, -0.2) is 16.7 Å². The monoisotopic (exact) mass is 628 g/mol. The second kappa shape index (κ2) is 11.0. The number of benzene rings is 7. The highest BCUT2D eigenvalue weighted by Crippen LogP contribution is 2.41. The first kappa shape index (κ1) is 27.5. The lowest BCUT2D eigenvalue weighted by Gasteiger charge is -2.24. The Kier molecular flexibility index (Phi) is 6.18. The fourth-order valence-corrected chi connectivity index (χ4v) is 7.33. The van der Waals surface area contributed by atoms with Gasteiger partial charge in [0, 0.05) is 39.9 Å². The summed E-state index contributed by atoms with van der Waals surface area (Å²) >= 11 is 0. The summed E-state index contributed by atoms with van der Waals surface area (Å²) in [6.45, 7) is 0. The third-order valence-electron chi connectivity index (χ3n) is 9.60. The molecule has 1 atom stereocenters. The molecular weight excluding hydrogens is 601 g/mol. The standard InChI is InChI=1S/C44H28N4O/c1-3-12-27(13-4-1)42-46-43(28-14-5-2-6-15-28)48-44(47-42)35-20-11-21-39-40(35)38-26-45-25-37(41(38)49-39)29-22-23-34-32-18-8-7-16-30(32)31-17-9-10-19-33(31)36(34)24-29/h1-26,42H,(H,46,47,48). The van der Waals surface area contributed by atoms with Gasteiger partial charge in [0.05, 0.1) is 0 Å². The third kappa shape index (κ3) is 4.44. The Balaban J connectivity index is 1.16. The van der Waals surface area contributed by atoms with E-state index < -0.39 is 0 Å². The third-order valence-corrected chi connectivity index (χ3v) is 9.60. The van der Waals surface area contributed by atoms with Crippen LogP contribution in [0.3, 0.4) is 0 Å². The molecule has 0 saturated heterocycles. The quantitative estimate of drug-likeness (QED) is 0.197. The van der Waals surface area contributed by atoms with Crippen molar-refractivity contribution in [3.8, 4) is 11.1 Å². The Hall–Kier alpha value is -6.59. The number of rotatable bonds is 4. The highest BCUT2D eigenvalue weighted by molar-refractivity contribution is 6.26. The highest BCUT2D eigenvalue weighted by Gasteiger charge is 2.24. The molecule has 0 amide bonds. The van der Waals surface area contributed by atoms with E-state index in [0.29, 0.717) is 5.84 Å². The van der Waals surface area contributed by atoms with Crippen LogP contribution in [0, 0.1) is 0 Å². The van der Waals surface area contributed by atoms with Crippen molar-refractivity contribution in [3.05, 3.63) is 175 Å². The van der Waals surface area contributed by atoms with E-state index in [4.69, 9.17) is 19.4 Å². The lowest BCUT2D eigenvalue weighted by atomic mass is 9.92. The van der Waals surface area contributed by atoms with Gasteiger partial charge in [0.1, 0.15) is 23.2 Å². The number of aromatic nitrogens is 1.